The average molecular weight is 256 g/mol. The molecule has 0 saturated heterocycles. The zero-order chi connectivity index (χ0) is 13.6. The molecule has 106 valence electrons. The first kappa shape index (κ1) is 15.4. The summed E-state index contributed by atoms with van der Waals surface area (Å²) in [5.74, 6) is 0.428. The van der Waals surface area contributed by atoms with Crippen LogP contribution in [0.25, 0.3) is 0 Å². The van der Waals surface area contributed by atoms with Crippen molar-refractivity contribution < 1.29 is 9.90 Å². The topological polar surface area (TPSA) is 75.3 Å². The number of carbonyl (C=O) groups excluding carboxylic acids is 1. The summed E-state index contributed by atoms with van der Waals surface area (Å²) in [6.45, 7) is 4.73. The summed E-state index contributed by atoms with van der Waals surface area (Å²) in [6, 6.07) is 0. The minimum atomic E-state index is -0.794. The minimum Gasteiger partial charge on any atom is -0.388 e. The molecule has 0 bridgehead atoms. The Morgan fingerprint density at radius 2 is 2.11 bits per heavy atom. The van der Waals surface area contributed by atoms with Gasteiger partial charge in [0, 0.05) is 12.5 Å². The Balaban J connectivity index is 2.44. The Bertz CT molecular complexity index is 267. The van der Waals surface area contributed by atoms with Crippen molar-refractivity contribution in [3.63, 3.8) is 0 Å². The molecule has 4 nitrogen and oxygen atoms in total. The molecule has 0 aromatic rings. The molecule has 1 aliphatic rings. The van der Waals surface area contributed by atoms with Gasteiger partial charge in [-0.2, -0.15) is 0 Å². The van der Waals surface area contributed by atoms with Crippen LogP contribution in [0.1, 0.15) is 52.4 Å². The number of nitrogens with two attached hydrogens (primary N) is 1. The lowest BCUT2D eigenvalue weighted by Gasteiger charge is -2.31. The fourth-order valence-corrected chi connectivity index (χ4v) is 2.87. The molecule has 1 saturated carbocycles. The number of rotatable bonds is 6. The van der Waals surface area contributed by atoms with Crippen molar-refractivity contribution in [1.29, 1.82) is 0 Å². The molecule has 18 heavy (non-hydrogen) atoms. The number of nitrogens with one attached hydrogen (secondary N) is 1. The molecular formula is C14H28N2O2. The summed E-state index contributed by atoms with van der Waals surface area (Å²) in [4.78, 5) is 12.1. The van der Waals surface area contributed by atoms with Crippen LogP contribution < -0.4 is 11.1 Å². The Hall–Kier alpha value is -0.610. The summed E-state index contributed by atoms with van der Waals surface area (Å²) >= 11 is 0. The maximum Gasteiger partial charge on any atom is 0.223 e. The normalized spacial score (nSPS) is 27.6. The van der Waals surface area contributed by atoms with Crippen molar-refractivity contribution in [2.75, 3.05) is 13.1 Å². The van der Waals surface area contributed by atoms with Gasteiger partial charge >= 0.3 is 0 Å². The third-order valence-corrected chi connectivity index (χ3v) is 3.98. The third kappa shape index (κ3) is 4.58. The number of hydrogen-bond acceptors (Lipinski definition) is 3. The number of hydrogen-bond donors (Lipinski definition) is 3. The van der Waals surface area contributed by atoms with E-state index in [2.05, 4.69) is 5.32 Å². The summed E-state index contributed by atoms with van der Waals surface area (Å²) in [7, 11) is 0. The van der Waals surface area contributed by atoms with Gasteiger partial charge in [0.2, 0.25) is 5.91 Å². The van der Waals surface area contributed by atoms with E-state index in [0.29, 0.717) is 25.4 Å². The van der Waals surface area contributed by atoms with Crippen molar-refractivity contribution in [3.8, 4) is 0 Å². The molecule has 1 amide bonds. The largest absolute Gasteiger partial charge is 0.388 e. The standard InChI is InChI=1S/C14H28N2O2/c1-3-8-14(2,18)10-16-13(17)12-7-5-4-6-11(12)9-15/h11-12,18H,3-10,15H2,1-2H3,(H,16,17). The SMILES string of the molecule is CCCC(C)(O)CNC(=O)C1CCCCC1CN. The van der Waals surface area contributed by atoms with Crippen molar-refractivity contribution in [3.05, 3.63) is 0 Å². The van der Waals surface area contributed by atoms with E-state index < -0.39 is 5.60 Å². The van der Waals surface area contributed by atoms with Crippen molar-refractivity contribution in [2.24, 2.45) is 17.6 Å². The first-order chi connectivity index (χ1) is 8.50. The molecule has 3 unspecified atom stereocenters. The van der Waals surface area contributed by atoms with Crippen molar-refractivity contribution >= 4 is 5.91 Å². The van der Waals surface area contributed by atoms with E-state index in [-0.39, 0.29) is 11.8 Å². The second-order valence-electron chi connectivity index (χ2n) is 5.85. The molecule has 1 aliphatic carbocycles. The molecule has 0 aliphatic heterocycles. The van der Waals surface area contributed by atoms with Crippen LogP contribution in [0, 0.1) is 11.8 Å². The Kier molecular flexibility index (Phi) is 6.09. The zero-order valence-electron chi connectivity index (χ0n) is 11.7. The molecule has 0 heterocycles. The fourth-order valence-electron chi connectivity index (χ4n) is 2.87. The molecule has 4 heteroatoms. The van der Waals surface area contributed by atoms with Gasteiger partial charge in [-0.25, -0.2) is 0 Å². The highest BCUT2D eigenvalue weighted by atomic mass is 16.3. The van der Waals surface area contributed by atoms with Gasteiger partial charge in [0.25, 0.3) is 0 Å². The van der Waals surface area contributed by atoms with E-state index in [1.165, 1.54) is 6.42 Å². The molecule has 0 aromatic heterocycles. The zero-order valence-corrected chi connectivity index (χ0v) is 11.7. The molecule has 1 rings (SSSR count). The number of aliphatic hydroxyl groups is 1. The van der Waals surface area contributed by atoms with Gasteiger partial charge < -0.3 is 16.2 Å². The quantitative estimate of drug-likeness (QED) is 0.673. The summed E-state index contributed by atoms with van der Waals surface area (Å²) in [5.41, 5.74) is 4.94. The Labute approximate surface area is 110 Å². The lowest BCUT2D eigenvalue weighted by Crippen LogP contribution is -2.45. The second kappa shape index (κ2) is 7.10. The highest BCUT2D eigenvalue weighted by molar-refractivity contribution is 5.79. The maximum atomic E-state index is 12.1. The molecular weight excluding hydrogens is 228 g/mol. The molecule has 1 fully saturated rings. The van der Waals surface area contributed by atoms with E-state index in [1.807, 2.05) is 6.92 Å². The number of carbonyl (C=O) groups is 1. The van der Waals surface area contributed by atoms with Crippen LogP contribution in [-0.4, -0.2) is 29.7 Å². The van der Waals surface area contributed by atoms with Gasteiger partial charge in [-0.15, -0.1) is 0 Å². The van der Waals surface area contributed by atoms with Crippen LogP contribution in [0.3, 0.4) is 0 Å². The summed E-state index contributed by atoms with van der Waals surface area (Å²) in [5, 5.41) is 12.9. The van der Waals surface area contributed by atoms with Crippen LogP contribution in [0.5, 0.6) is 0 Å². The van der Waals surface area contributed by atoms with Gasteiger partial charge in [-0.05, 0) is 38.6 Å². The molecule has 3 atom stereocenters. The first-order valence-corrected chi connectivity index (χ1v) is 7.20. The lowest BCUT2D eigenvalue weighted by molar-refractivity contribution is -0.128. The molecule has 0 spiro atoms. The summed E-state index contributed by atoms with van der Waals surface area (Å²) in [6.07, 6.45) is 5.90. The number of amides is 1. The second-order valence-corrected chi connectivity index (χ2v) is 5.85. The predicted octanol–water partition coefficient (Wildman–Crippen LogP) is 1.42. The van der Waals surface area contributed by atoms with Gasteiger partial charge in [-0.3, -0.25) is 4.79 Å². The molecule has 0 radical (unpaired) electrons. The van der Waals surface area contributed by atoms with E-state index in [9.17, 15) is 9.90 Å². The van der Waals surface area contributed by atoms with Gasteiger partial charge in [0.15, 0.2) is 0 Å². The average Bonchev–Trinajstić information content (AvgIpc) is 2.36. The highest BCUT2D eigenvalue weighted by Crippen LogP contribution is 2.29. The Morgan fingerprint density at radius 3 is 2.72 bits per heavy atom. The van der Waals surface area contributed by atoms with Crippen LogP contribution in [0.4, 0.5) is 0 Å². The first-order valence-electron chi connectivity index (χ1n) is 7.20. The smallest absolute Gasteiger partial charge is 0.223 e. The van der Waals surface area contributed by atoms with E-state index in [0.717, 1.165) is 25.7 Å². The van der Waals surface area contributed by atoms with Crippen molar-refractivity contribution in [1.82, 2.24) is 5.32 Å². The molecule has 0 aromatic carbocycles. The Morgan fingerprint density at radius 1 is 1.44 bits per heavy atom. The fraction of sp³-hybridized carbons (Fsp3) is 0.929. The van der Waals surface area contributed by atoms with Crippen LogP contribution in [-0.2, 0) is 4.79 Å². The molecule has 4 N–H and O–H groups in total. The van der Waals surface area contributed by atoms with E-state index in [1.54, 1.807) is 6.92 Å². The van der Waals surface area contributed by atoms with Crippen LogP contribution in [0.15, 0.2) is 0 Å². The predicted molar refractivity (Wildman–Crippen MR) is 73.0 cm³/mol. The van der Waals surface area contributed by atoms with Crippen LogP contribution >= 0.6 is 0 Å². The van der Waals surface area contributed by atoms with E-state index >= 15 is 0 Å². The summed E-state index contributed by atoms with van der Waals surface area (Å²) < 4.78 is 0. The van der Waals surface area contributed by atoms with Crippen molar-refractivity contribution in [2.45, 2.75) is 58.0 Å². The van der Waals surface area contributed by atoms with E-state index in [4.69, 9.17) is 5.73 Å². The van der Waals surface area contributed by atoms with Crippen LogP contribution in [0.2, 0.25) is 0 Å². The third-order valence-electron chi connectivity index (χ3n) is 3.98. The minimum absolute atomic E-state index is 0.0428. The lowest BCUT2D eigenvalue weighted by atomic mass is 9.78. The monoisotopic (exact) mass is 256 g/mol. The van der Waals surface area contributed by atoms with Gasteiger partial charge in [-0.1, -0.05) is 26.2 Å². The van der Waals surface area contributed by atoms with Gasteiger partial charge in [0.1, 0.15) is 0 Å². The highest BCUT2D eigenvalue weighted by Gasteiger charge is 2.31. The van der Waals surface area contributed by atoms with Gasteiger partial charge in [0.05, 0.1) is 5.60 Å². The maximum absolute atomic E-state index is 12.1.